The van der Waals surface area contributed by atoms with Crippen molar-refractivity contribution in [2.45, 2.75) is 44.4 Å². The van der Waals surface area contributed by atoms with E-state index in [0.29, 0.717) is 17.7 Å². The molecule has 96 valence electrons. The number of halogens is 1. The van der Waals surface area contributed by atoms with Gasteiger partial charge in [0.1, 0.15) is 0 Å². The van der Waals surface area contributed by atoms with Gasteiger partial charge in [0.25, 0.3) is 0 Å². The van der Waals surface area contributed by atoms with Gasteiger partial charge in [0.2, 0.25) is 5.91 Å². The molecule has 1 saturated heterocycles. The van der Waals surface area contributed by atoms with Gasteiger partial charge < -0.3 is 4.90 Å². The number of rotatable bonds is 2. The number of hydrogen-bond acceptors (Lipinski definition) is 1. The number of nitrogens with zero attached hydrogens (tertiary/aromatic N) is 1. The average Bonchev–Trinajstić information content (AvgIpc) is 2.95. The lowest BCUT2D eigenvalue weighted by Crippen LogP contribution is -2.42. The Morgan fingerprint density at radius 3 is 2.29 bits per heavy atom. The summed E-state index contributed by atoms with van der Waals surface area (Å²) in [6, 6.07) is 0. The molecule has 2 saturated carbocycles. The molecule has 0 aromatic carbocycles. The van der Waals surface area contributed by atoms with Gasteiger partial charge >= 0.3 is 0 Å². The van der Waals surface area contributed by atoms with Crippen LogP contribution in [0.5, 0.6) is 0 Å². The predicted molar refractivity (Wildman–Crippen MR) is 68.9 cm³/mol. The van der Waals surface area contributed by atoms with Crippen LogP contribution in [0.2, 0.25) is 0 Å². The van der Waals surface area contributed by atoms with Crippen LogP contribution in [-0.4, -0.2) is 29.3 Å². The highest BCUT2D eigenvalue weighted by Crippen LogP contribution is 2.54. The second-order valence-corrected chi connectivity index (χ2v) is 6.95. The zero-order chi connectivity index (χ0) is 12.0. The maximum atomic E-state index is 12.3. The molecule has 0 aromatic heterocycles. The Balaban J connectivity index is 1.50. The van der Waals surface area contributed by atoms with E-state index in [2.05, 4.69) is 11.8 Å². The Bertz CT molecular complexity index is 299. The van der Waals surface area contributed by atoms with Crippen LogP contribution in [0.15, 0.2) is 0 Å². The second kappa shape index (κ2) is 4.46. The molecule has 0 radical (unpaired) electrons. The van der Waals surface area contributed by atoms with Crippen LogP contribution < -0.4 is 0 Å². The lowest BCUT2D eigenvalue weighted by molar-refractivity contribution is -0.137. The average molecular weight is 256 g/mol. The Hall–Kier alpha value is -0.240. The minimum atomic E-state index is 0.256. The molecular formula is C14H22ClNO. The van der Waals surface area contributed by atoms with E-state index in [-0.39, 0.29) is 5.38 Å². The maximum Gasteiger partial charge on any atom is 0.225 e. The van der Waals surface area contributed by atoms with Gasteiger partial charge in [-0.05, 0) is 56.8 Å². The minimum absolute atomic E-state index is 0.256. The summed E-state index contributed by atoms with van der Waals surface area (Å²) in [4.78, 5) is 14.4. The van der Waals surface area contributed by atoms with Gasteiger partial charge in [-0.2, -0.15) is 0 Å². The number of likely N-dealkylation sites (tertiary alicyclic amines) is 1. The molecule has 3 atom stereocenters. The van der Waals surface area contributed by atoms with Gasteiger partial charge in [-0.25, -0.2) is 0 Å². The minimum Gasteiger partial charge on any atom is -0.342 e. The van der Waals surface area contributed by atoms with Gasteiger partial charge in [-0.1, -0.05) is 0 Å². The third kappa shape index (κ3) is 2.33. The fourth-order valence-corrected chi connectivity index (χ4v) is 4.01. The Labute approximate surface area is 109 Å². The Morgan fingerprint density at radius 1 is 1.18 bits per heavy atom. The fraction of sp³-hybridized carbons (Fsp3) is 0.929. The van der Waals surface area contributed by atoms with Crippen LogP contribution in [0, 0.1) is 23.7 Å². The summed E-state index contributed by atoms with van der Waals surface area (Å²) < 4.78 is 0. The monoisotopic (exact) mass is 255 g/mol. The van der Waals surface area contributed by atoms with E-state index in [1.165, 1.54) is 19.3 Å². The zero-order valence-corrected chi connectivity index (χ0v) is 11.3. The SMILES string of the molecule is CC(Cl)C1CCN(C(=O)C2CC3CC3C2)CC1. The third-order valence-electron chi connectivity index (χ3n) is 5.09. The summed E-state index contributed by atoms with van der Waals surface area (Å²) in [6.07, 6.45) is 5.94. The molecule has 3 aliphatic rings. The number of amides is 1. The predicted octanol–water partition coefficient (Wildman–Crippen LogP) is 2.90. The lowest BCUT2D eigenvalue weighted by atomic mass is 9.92. The summed E-state index contributed by atoms with van der Waals surface area (Å²) in [7, 11) is 0. The Morgan fingerprint density at radius 2 is 1.76 bits per heavy atom. The molecule has 3 rings (SSSR count). The van der Waals surface area contributed by atoms with Crippen molar-refractivity contribution in [3.8, 4) is 0 Å². The topological polar surface area (TPSA) is 20.3 Å². The van der Waals surface area contributed by atoms with Crippen LogP contribution in [-0.2, 0) is 4.79 Å². The first-order valence-electron chi connectivity index (χ1n) is 7.08. The van der Waals surface area contributed by atoms with Gasteiger partial charge in [0.05, 0.1) is 0 Å². The number of alkyl halides is 1. The highest BCUT2D eigenvalue weighted by atomic mass is 35.5. The Kier molecular flexibility index (Phi) is 3.10. The smallest absolute Gasteiger partial charge is 0.225 e. The van der Waals surface area contributed by atoms with Crippen molar-refractivity contribution < 1.29 is 4.79 Å². The van der Waals surface area contributed by atoms with E-state index in [0.717, 1.165) is 37.8 Å². The van der Waals surface area contributed by atoms with Gasteiger partial charge in [-0.15, -0.1) is 11.6 Å². The van der Waals surface area contributed by atoms with Gasteiger partial charge in [0, 0.05) is 24.4 Å². The molecule has 17 heavy (non-hydrogen) atoms. The molecule has 0 N–H and O–H groups in total. The fourth-order valence-electron chi connectivity index (χ4n) is 3.75. The van der Waals surface area contributed by atoms with Crippen molar-refractivity contribution >= 4 is 17.5 Å². The largest absolute Gasteiger partial charge is 0.342 e. The summed E-state index contributed by atoms with van der Waals surface area (Å²) in [5.74, 6) is 3.23. The van der Waals surface area contributed by atoms with Crippen molar-refractivity contribution in [3.05, 3.63) is 0 Å². The van der Waals surface area contributed by atoms with Crippen molar-refractivity contribution in [2.24, 2.45) is 23.7 Å². The van der Waals surface area contributed by atoms with Crippen molar-refractivity contribution in [2.75, 3.05) is 13.1 Å². The third-order valence-corrected chi connectivity index (χ3v) is 5.45. The lowest BCUT2D eigenvalue weighted by Gasteiger charge is -2.34. The zero-order valence-electron chi connectivity index (χ0n) is 10.6. The van der Waals surface area contributed by atoms with E-state index in [1.807, 2.05) is 0 Å². The number of fused-ring (bicyclic) bond motifs is 1. The van der Waals surface area contributed by atoms with Gasteiger partial charge in [0.15, 0.2) is 0 Å². The van der Waals surface area contributed by atoms with Gasteiger partial charge in [-0.3, -0.25) is 4.79 Å². The van der Waals surface area contributed by atoms with E-state index in [1.54, 1.807) is 0 Å². The molecule has 2 nitrogen and oxygen atoms in total. The van der Waals surface area contributed by atoms with Crippen LogP contribution in [0.1, 0.15) is 39.0 Å². The molecule has 2 aliphatic carbocycles. The highest BCUT2D eigenvalue weighted by Gasteiger charge is 2.48. The number of carbonyl (C=O) groups is 1. The van der Waals surface area contributed by atoms with Crippen LogP contribution in [0.3, 0.4) is 0 Å². The standard InChI is InChI=1S/C14H22ClNO/c1-9(15)10-2-4-16(5-3-10)14(17)13-7-11-6-12(11)8-13/h9-13H,2-8H2,1H3. The van der Waals surface area contributed by atoms with Crippen molar-refractivity contribution in [3.63, 3.8) is 0 Å². The van der Waals surface area contributed by atoms with E-state index >= 15 is 0 Å². The first kappa shape index (κ1) is 11.8. The van der Waals surface area contributed by atoms with E-state index < -0.39 is 0 Å². The molecule has 1 heterocycles. The number of piperidine rings is 1. The highest BCUT2D eigenvalue weighted by molar-refractivity contribution is 6.20. The normalized spacial score (nSPS) is 38.9. The second-order valence-electron chi connectivity index (χ2n) is 6.26. The molecule has 3 heteroatoms. The first-order chi connectivity index (χ1) is 8.15. The number of hydrogen-bond donors (Lipinski definition) is 0. The van der Waals surface area contributed by atoms with Crippen LogP contribution in [0.4, 0.5) is 0 Å². The first-order valence-corrected chi connectivity index (χ1v) is 7.51. The molecule has 0 aromatic rings. The molecule has 1 amide bonds. The van der Waals surface area contributed by atoms with Crippen molar-refractivity contribution in [1.82, 2.24) is 4.90 Å². The van der Waals surface area contributed by atoms with Crippen LogP contribution in [0.25, 0.3) is 0 Å². The molecule has 3 unspecified atom stereocenters. The molecular weight excluding hydrogens is 234 g/mol. The number of carbonyl (C=O) groups excluding carboxylic acids is 1. The molecule has 3 fully saturated rings. The summed E-state index contributed by atoms with van der Waals surface area (Å²) in [5, 5.41) is 0.256. The molecule has 1 aliphatic heterocycles. The quantitative estimate of drug-likeness (QED) is 0.695. The summed E-state index contributed by atoms with van der Waals surface area (Å²) in [5.41, 5.74) is 0. The summed E-state index contributed by atoms with van der Waals surface area (Å²) >= 11 is 6.13. The van der Waals surface area contributed by atoms with E-state index in [9.17, 15) is 4.79 Å². The van der Waals surface area contributed by atoms with Crippen LogP contribution >= 0.6 is 11.6 Å². The molecule has 0 spiro atoms. The summed E-state index contributed by atoms with van der Waals surface area (Å²) in [6.45, 7) is 3.95. The molecule has 0 bridgehead atoms. The van der Waals surface area contributed by atoms with E-state index in [4.69, 9.17) is 11.6 Å². The van der Waals surface area contributed by atoms with Crippen molar-refractivity contribution in [1.29, 1.82) is 0 Å². The maximum absolute atomic E-state index is 12.3.